The molecule has 1 aromatic heterocycles. The second-order valence-electron chi connectivity index (χ2n) is 4.07. The third-order valence-electron chi connectivity index (χ3n) is 2.75. The van der Waals surface area contributed by atoms with Gasteiger partial charge < -0.3 is 14.8 Å². The molecule has 0 saturated carbocycles. The van der Waals surface area contributed by atoms with Gasteiger partial charge in [-0.25, -0.2) is 4.79 Å². The second-order valence-corrected chi connectivity index (χ2v) is 5.55. The Kier molecular flexibility index (Phi) is 7.38. The van der Waals surface area contributed by atoms with E-state index < -0.39 is 18.0 Å². The van der Waals surface area contributed by atoms with Gasteiger partial charge in [-0.15, -0.1) is 11.3 Å². The first kappa shape index (κ1) is 17.6. The fraction of sp³-hybridized carbons (Fsp3) is 0.462. The number of carbonyl (C=O) groups excluding carboxylic acids is 3. The van der Waals surface area contributed by atoms with E-state index in [9.17, 15) is 14.4 Å². The van der Waals surface area contributed by atoms with Crippen molar-refractivity contribution in [3.8, 4) is 0 Å². The Bertz CT molecular complexity index is 516. The van der Waals surface area contributed by atoms with Crippen molar-refractivity contribution in [1.29, 1.82) is 0 Å². The van der Waals surface area contributed by atoms with Crippen LogP contribution in [-0.4, -0.2) is 38.1 Å². The van der Waals surface area contributed by atoms with Crippen LogP contribution in [0.15, 0.2) is 11.4 Å². The van der Waals surface area contributed by atoms with E-state index >= 15 is 0 Å². The van der Waals surface area contributed by atoms with Gasteiger partial charge in [0.05, 0.1) is 19.1 Å². The molecular formula is C13H16BrNO5S. The fourth-order valence-corrected chi connectivity index (χ4v) is 3.10. The number of amides is 1. The molecule has 0 aliphatic carbocycles. The highest BCUT2D eigenvalue weighted by Crippen LogP contribution is 2.19. The lowest BCUT2D eigenvalue weighted by molar-refractivity contribution is -0.144. The minimum atomic E-state index is -0.883. The van der Waals surface area contributed by atoms with Crippen LogP contribution in [0.3, 0.4) is 0 Å². The van der Waals surface area contributed by atoms with Gasteiger partial charge in [-0.1, -0.05) is 15.9 Å². The zero-order valence-electron chi connectivity index (χ0n) is 11.7. The second kappa shape index (κ2) is 8.78. The molecular weight excluding hydrogens is 362 g/mol. The van der Waals surface area contributed by atoms with Gasteiger partial charge in [0.25, 0.3) is 5.91 Å². The molecule has 1 amide bonds. The van der Waals surface area contributed by atoms with E-state index in [1.807, 2.05) is 6.07 Å². The topological polar surface area (TPSA) is 81.7 Å². The summed E-state index contributed by atoms with van der Waals surface area (Å²) in [4.78, 5) is 35.5. The predicted octanol–water partition coefficient (Wildman–Crippen LogP) is 1.87. The first-order valence-corrected chi connectivity index (χ1v) is 8.11. The summed E-state index contributed by atoms with van der Waals surface area (Å²) < 4.78 is 9.16. The minimum Gasteiger partial charge on any atom is -0.469 e. The van der Waals surface area contributed by atoms with Crippen LogP contribution in [0.4, 0.5) is 0 Å². The number of rotatable bonds is 7. The van der Waals surface area contributed by atoms with Crippen molar-refractivity contribution in [1.82, 2.24) is 5.32 Å². The van der Waals surface area contributed by atoms with Crippen LogP contribution < -0.4 is 5.32 Å². The van der Waals surface area contributed by atoms with E-state index in [1.165, 1.54) is 25.6 Å². The number of ether oxygens (including phenoxy) is 2. The number of halogens is 1. The molecule has 0 bridgehead atoms. The van der Waals surface area contributed by atoms with E-state index in [4.69, 9.17) is 0 Å². The monoisotopic (exact) mass is 377 g/mol. The van der Waals surface area contributed by atoms with Crippen molar-refractivity contribution in [3.63, 3.8) is 0 Å². The molecule has 1 atom stereocenters. The van der Waals surface area contributed by atoms with Crippen molar-refractivity contribution in [3.05, 3.63) is 21.9 Å². The number of hydrogen-bond donors (Lipinski definition) is 1. The van der Waals surface area contributed by atoms with Crippen molar-refractivity contribution < 1.29 is 23.9 Å². The fourth-order valence-electron chi connectivity index (χ4n) is 1.62. The van der Waals surface area contributed by atoms with Gasteiger partial charge in [0.15, 0.2) is 0 Å². The molecule has 1 aromatic rings. The molecule has 0 radical (unpaired) electrons. The molecule has 1 N–H and O–H groups in total. The predicted molar refractivity (Wildman–Crippen MR) is 81.5 cm³/mol. The Morgan fingerprint density at radius 1 is 1.33 bits per heavy atom. The van der Waals surface area contributed by atoms with Gasteiger partial charge in [0, 0.05) is 11.8 Å². The summed E-state index contributed by atoms with van der Waals surface area (Å²) in [7, 11) is 2.50. The number of hydrogen-bond acceptors (Lipinski definition) is 6. The average molecular weight is 378 g/mol. The Morgan fingerprint density at radius 3 is 2.62 bits per heavy atom. The van der Waals surface area contributed by atoms with Crippen molar-refractivity contribution in [2.24, 2.45) is 0 Å². The van der Waals surface area contributed by atoms with Crippen LogP contribution in [0.25, 0.3) is 0 Å². The van der Waals surface area contributed by atoms with Crippen molar-refractivity contribution in [2.45, 2.75) is 24.2 Å². The highest BCUT2D eigenvalue weighted by molar-refractivity contribution is 9.08. The molecule has 21 heavy (non-hydrogen) atoms. The summed E-state index contributed by atoms with van der Waals surface area (Å²) in [6.45, 7) is 0. The molecule has 0 fully saturated rings. The Balaban J connectivity index is 2.74. The SMILES string of the molecule is COC(=O)CC[C@H](NC(=O)c1sccc1CBr)C(=O)OC. The smallest absolute Gasteiger partial charge is 0.328 e. The average Bonchev–Trinajstić information content (AvgIpc) is 2.98. The first-order chi connectivity index (χ1) is 10.0. The third kappa shape index (κ3) is 5.13. The maximum absolute atomic E-state index is 12.2. The normalized spacial score (nSPS) is 11.6. The third-order valence-corrected chi connectivity index (χ3v) is 4.31. The Labute approximate surface area is 134 Å². The van der Waals surface area contributed by atoms with Crippen LogP contribution >= 0.6 is 27.3 Å². The molecule has 0 saturated heterocycles. The van der Waals surface area contributed by atoms with Crippen LogP contribution in [-0.2, 0) is 24.4 Å². The van der Waals surface area contributed by atoms with Gasteiger partial charge in [0.2, 0.25) is 0 Å². The largest absolute Gasteiger partial charge is 0.469 e. The summed E-state index contributed by atoms with van der Waals surface area (Å²) in [5.74, 6) is -1.40. The lowest BCUT2D eigenvalue weighted by atomic mass is 10.1. The van der Waals surface area contributed by atoms with E-state index in [1.54, 1.807) is 5.38 Å². The lowest BCUT2D eigenvalue weighted by Gasteiger charge is -2.15. The highest BCUT2D eigenvalue weighted by Gasteiger charge is 2.24. The molecule has 0 spiro atoms. The van der Waals surface area contributed by atoms with Crippen LogP contribution in [0.1, 0.15) is 28.1 Å². The van der Waals surface area contributed by atoms with E-state index in [2.05, 4.69) is 30.7 Å². The molecule has 0 aliphatic rings. The van der Waals surface area contributed by atoms with E-state index in [-0.39, 0.29) is 18.7 Å². The number of thiophene rings is 1. The minimum absolute atomic E-state index is 0.0201. The quantitative estimate of drug-likeness (QED) is 0.579. The zero-order valence-corrected chi connectivity index (χ0v) is 14.1. The number of methoxy groups -OCH3 is 2. The maximum Gasteiger partial charge on any atom is 0.328 e. The molecule has 1 heterocycles. The van der Waals surface area contributed by atoms with Crippen LogP contribution in [0.5, 0.6) is 0 Å². The summed E-state index contributed by atoms with van der Waals surface area (Å²) >= 11 is 4.58. The summed E-state index contributed by atoms with van der Waals surface area (Å²) in [5.41, 5.74) is 0.842. The molecule has 0 aliphatic heterocycles. The number of esters is 2. The van der Waals surface area contributed by atoms with E-state index in [0.29, 0.717) is 10.2 Å². The van der Waals surface area contributed by atoms with Gasteiger partial charge in [-0.05, 0) is 23.4 Å². The number of alkyl halides is 1. The molecule has 0 aromatic carbocycles. The maximum atomic E-state index is 12.2. The van der Waals surface area contributed by atoms with E-state index in [0.717, 1.165) is 5.56 Å². The molecule has 116 valence electrons. The molecule has 6 nitrogen and oxygen atoms in total. The summed E-state index contributed by atoms with van der Waals surface area (Å²) in [5, 5.41) is 4.94. The summed E-state index contributed by atoms with van der Waals surface area (Å²) in [6.07, 6.45) is 0.145. The van der Waals surface area contributed by atoms with Gasteiger partial charge in [-0.2, -0.15) is 0 Å². The van der Waals surface area contributed by atoms with Crippen LogP contribution in [0, 0.1) is 0 Å². The van der Waals surface area contributed by atoms with Gasteiger partial charge >= 0.3 is 11.9 Å². The van der Waals surface area contributed by atoms with Gasteiger partial charge in [0.1, 0.15) is 6.04 Å². The standard InChI is InChI=1S/C13H16BrNO5S/c1-19-10(16)4-3-9(13(18)20-2)15-12(17)11-8(7-14)5-6-21-11/h5-6,9H,3-4,7H2,1-2H3,(H,15,17)/t9-/m0/s1. The number of carbonyl (C=O) groups is 3. The molecule has 1 rings (SSSR count). The molecule has 8 heteroatoms. The molecule has 0 unspecified atom stereocenters. The van der Waals surface area contributed by atoms with Crippen molar-refractivity contribution >= 4 is 45.1 Å². The van der Waals surface area contributed by atoms with Crippen molar-refractivity contribution in [2.75, 3.05) is 14.2 Å². The Hall–Kier alpha value is -1.41. The number of nitrogens with one attached hydrogen (secondary N) is 1. The summed E-state index contributed by atoms with van der Waals surface area (Å²) in [6, 6.07) is 0.947. The highest BCUT2D eigenvalue weighted by atomic mass is 79.9. The Morgan fingerprint density at radius 2 is 2.05 bits per heavy atom. The van der Waals surface area contributed by atoms with Gasteiger partial charge in [-0.3, -0.25) is 9.59 Å². The zero-order chi connectivity index (χ0) is 15.8. The lowest BCUT2D eigenvalue weighted by Crippen LogP contribution is -2.41. The van der Waals surface area contributed by atoms with Crippen LogP contribution in [0.2, 0.25) is 0 Å². The first-order valence-electron chi connectivity index (χ1n) is 6.11.